The lowest BCUT2D eigenvalue weighted by molar-refractivity contribution is -0.0595. The lowest BCUT2D eigenvalue weighted by atomic mass is 9.94. The van der Waals surface area contributed by atoms with Gasteiger partial charge in [0.1, 0.15) is 0 Å². The summed E-state index contributed by atoms with van der Waals surface area (Å²) in [4.78, 5) is 0. The smallest absolute Gasteiger partial charge is 0.0575 e. The molecule has 0 saturated heterocycles. The van der Waals surface area contributed by atoms with Crippen molar-refractivity contribution in [3.63, 3.8) is 0 Å². The van der Waals surface area contributed by atoms with Crippen LogP contribution in [-0.4, -0.2) is 25.4 Å². The van der Waals surface area contributed by atoms with Crippen molar-refractivity contribution in [2.45, 2.75) is 78.4 Å². The van der Waals surface area contributed by atoms with E-state index in [0.717, 1.165) is 19.6 Å². The Morgan fingerprint density at radius 3 is 2.35 bits per heavy atom. The van der Waals surface area contributed by atoms with Gasteiger partial charge in [0.25, 0.3) is 0 Å². The minimum absolute atomic E-state index is 0.140. The molecular weight excluding hydrogens is 212 g/mol. The van der Waals surface area contributed by atoms with Crippen LogP contribution in [0.1, 0.15) is 66.2 Å². The fourth-order valence-electron chi connectivity index (χ4n) is 2.10. The van der Waals surface area contributed by atoms with Gasteiger partial charge in [-0.05, 0) is 26.2 Å². The summed E-state index contributed by atoms with van der Waals surface area (Å²) in [7, 11) is 0. The molecule has 0 N–H and O–H groups in total. The second-order valence-electron chi connectivity index (χ2n) is 6.27. The average Bonchev–Trinajstić information content (AvgIpc) is 2.35. The third-order valence-corrected chi connectivity index (χ3v) is 3.60. The first-order valence-corrected chi connectivity index (χ1v) is 7.27. The maximum atomic E-state index is 6.03. The molecule has 1 aliphatic rings. The second-order valence-corrected chi connectivity index (χ2v) is 6.27. The average molecular weight is 242 g/mol. The van der Waals surface area contributed by atoms with Gasteiger partial charge >= 0.3 is 0 Å². The minimum Gasteiger partial charge on any atom is -0.378 e. The van der Waals surface area contributed by atoms with Gasteiger partial charge in [-0.15, -0.1) is 0 Å². The van der Waals surface area contributed by atoms with Crippen molar-refractivity contribution in [2.24, 2.45) is 5.41 Å². The summed E-state index contributed by atoms with van der Waals surface area (Å²) in [5.41, 5.74) is 0.140. The van der Waals surface area contributed by atoms with E-state index >= 15 is 0 Å². The molecule has 0 aromatic carbocycles. The highest BCUT2D eigenvalue weighted by Gasteiger charge is 2.22. The van der Waals surface area contributed by atoms with Gasteiger partial charge in [0, 0.05) is 5.41 Å². The van der Waals surface area contributed by atoms with E-state index in [2.05, 4.69) is 27.7 Å². The first-order chi connectivity index (χ1) is 8.03. The van der Waals surface area contributed by atoms with Crippen molar-refractivity contribution in [1.82, 2.24) is 0 Å². The molecule has 0 heterocycles. The predicted molar refractivity (Wildman–Crippen MR) is 72.3 cm³/mol. The topological polar surface area (TPSA) is 18.5 Å². The molecule has 0 amide bonds. The monoisotopic (exact) mass is 242 g/mol. The van der Waals surface area contributed by atoms with Crippen LogP contribution in [0.4, 0.5) is 0 Å². The summed E-state index contributed by atoms with van der Waals surface area (Å²) < 4.78 is 11.8. The Morgan fingerprint density at radius 1 is 1.12 bits per heavy atom. The van der Waals surface area contributed by atoms with Gasteiger partial charge in [0.05, 0.1) is 25.4 Å². The standard InChI is InChI=1S/C15H30O2/c1-5-13(2)16-11-15(3,4)12-17-14-9-7-6-8-10-14/h13-14H,5-12H2,1-4H3. The van der Waals surface area contributed by atoms with E-state index in [1.807, 2.05) is 0 Å². The molecule has 1 aliphatic carbocycles. The fourth-order valence-corrected chi connectivity index (χ4v) is 2.10. The van der Waals surface area contributed by atoms with E-state index in [1.54, 1.807) is 0 Å². The zero-order valence-corrected chi connectivity index (χ0v) is 12.1. The molecule has 0 radical (unpaired) electrons. The first kappa shape index (κ1) is 15.0. The molecule has 1 rings (SSSR count). The number of hydrogen-bond acceptors (Lipinski definition) is 2. The molecule has 0 aromatic rings. The Hall–Kier alpha value is -0.0800. The van der Waals surface area contributed by atoms with Gasteiger partial charge in [0.15, 0.2) is 0 Å². The minimum atomic E-state index is 0.140. The van der Waals surface area contributed by atoms with Crippen molar-refractivity contribution in [3.8, 4) is 0 Å². The van der Waals surface area contributed by atoms with E-state index in [9.17, 15) is 0 Å². The van der Waals surface area contributed by atoms with Crippen molar-refractivity contribution in [2.75, 3.05) is 13.2 Å². The highest BCUT2D eigenvalue weighted by Crippen LogP contribution is 2.24. The lowest BCUT2D eigenvalue weighted by Gasteiger charge is -2.30. The van der Waals surface area contributed by atoms with Crippen LogP contribution in [0, 0.1) is 5.41 Å². The zero-order valence-electron chi connectivity index (χ0n) is 12.1. The van der Waals surface area contributed by atoms with Crippen LogP contribution in [0.3, 0.4) is 0 Å². The highest BCUT2D eigenvalue weighted by molar-refractivity contribution is 4.71. The molecular formula is C15H30O2. The third kappa shape index (κ3) is 6.42. The van der Waals surface area contributed by atoms with Crippen LogP contribution in [0.5, 0.6) is 0 Å². The van der Waals surface area contributed by atoms with Crippen LogP contribution >= 0.6 is 0 Å². The van der Waals surface area contributed by atoms with Crippen molar-refractivity contribution >= 4 is 0 Å². The summed E-state index contributed by atoms with van der Waals surface area (Å²) in [5.74, 6) is 0. The number of ether oxygens (including phenoxy) is 2. The molecule has 0 bridgehead atoms. The summed E-state index contributed by atoms with van der Waals surface area (Å²) in [6, 6.07) is 0. The van der Waals surface area contributed by atoms with Crippen molar-refractivity contribution < 1.29 is 9.47 Å². The van der Waals surface area contributed by atoms with Crippen LogP contribution in [-0.2, 0) is 9.47 Å². The first-order valence-electron chi connectivity index (χ1n) is 7.27. The van der Waals surface area contributed by atoms with Crippen LogP contribution in [0.15, 0.2) is 0 Å². The molecule has 17 heavy (non-hydrogen) atoms. The Kier molecular flexibility index (Phi) is 6.50. The SMILES string of the molecule is CCC(C)OCC(C)(C)COC1CCCCC1. The van der Waals surface area contributed by atoms with Gasteiger partial charge in [-0.3, -0.25) is 0 Å². The molecule has 102 valence electrons. The van der Waals surface area contributed by atoms with E-state index in [0.29, 0.717) is 12.2 Å². The molecule has 0 aliphatic heterocycles. The van der Waals surface area contributed by atoms with Crippen molar-refractivity contribution in [1.29, 1.82) is 0 Å². The summed E-state index contributed by atoms with van der Waals surface area (Å²) >= 11 is 0. The normalized spacial score (nSPS) is 20.5. The molecule has 2 heteroatoms. The third-order valence-electron chi connectivity index (χ3n) is 3.60. The highest BCUT2D eigenvalue weighted by atomic mass is 16.5. The fraction of sp³-hybridized carbons (Fsp3) is 1.00. The summed E-state index contributed by atoms with van der Waals surface area (Å²) in [6.45, 7) is 10.4. The van der Waals surface area contributed by atoms with E-state index < -0.39 is 0 Å². The Balaban J connectivity index is 2.18. The zero-order chi connectivity index (χ0) is 12.7. The summed E-state index contributed by atoms with van der Waals surface area (Å²) in [5, 5.41) is 0. The Morgan fingerprint density at radius 2 is 1.76 bits per heavy atom. The second kappa shape index (κ2) is 7.38. The van der Waals surface area contributed by atoms with Crippen LogP contribution < -0.4 is 0 Å². The van der Waals surface area contributed by atoms with Gasteiger partial charge in [-0.25, -0.2) is 0 Å². The maximum absolute atomic E-state index is 6.03. The molecule has 1 unspecified atom stereocenters. The maximum Gasteiger partial charge on any atom is 0.0575 e. The van der Waals surface area contributed by atoms with Crippen molar-refractivity contribution in [3.05, 3.63) is 0 Å². The number of rotatable bonds is 7. The van der Waals surface area contributed by atoms with Crippen LogP contribution in [0.25, 0.3) is 0 Å². The molecule has 0 aromatic heterocycles. The Labute approximate surface area is 107 Å². The van der Waals surface area contributed by atoms with Gasteiger partial charge in [-0.2, -0.15) is 0 Å². The molecule has 1 fully saturated rings. The molecule has 0 spiro atoms. The molecule has 1 saturated carbocycles. The summed E-state index contributed by atoms with van der Waals surface area (Å²) in [6.07, 6.45) is 8.53. The molecule has 1 atom stereocenters. The van der Waals surface area contributed by atoms with E-state index in [-0.39, 0.29) is 5.41 Å². The van der Waals surface area contributed by atoms with E-state index in [1.165, 1.54) is 32.1 Å². The van der Waals surface area contributed by atoms with Gasteiger partial charge < -0.3 is 9.47 Å². The van der Waals surface area contributed by atoms with E-state index in [4.69, 9.17) is 9.47 Å². The molecule has 2 nitrogen and oxygen atoms in total. The number of hydrogen-bond donors (Lipinski definition) is 0. The predicted octanol–water partition coefficient (Wildman–Crippen LogP) is 4.18. The quantitative estimate of drug-likeness (QED) is 0.667. The van der Waals surface area contributed by atoms with Gasteiger partial charge in [-0.1, -0.05) is 40.0 Å². The van der Waals surface area contributed by atoms with Crippen LogP contribution in [0.2, 0.25) is 0 Å². The largest absolute Gasteiger partial charge is 0.378 e. The Bertz CT molecular complexity index is 195. The lowest BCUT2D eigenvalue weighted by Crippen LogP contribution is -2.30. The van der Waals surface area contributed by atoms with Gasteiger partial charge in [0.2, 0.25) is 0 Å².